The van der Waals surface area contributed by atoms with E-state index in [1.165, 1.54) is 7.11 Å². The summed E-state index contributed by atoms with van der Waals surface area (Å²) in [6.07, 6.45) is 10.9. The number of allylic oxidation sites excluding steroid dienone is 1. The van der Waals surface area contributed by atoms with Crippen LogP contribution in [0.1, 0.15) is 19.3 Å². The Labute approximate surface area is 113 Å². The molecule has 0 aromatic carbocycles. The molecule has 104 valence electrons. The number of esters is 1. The molecular formula is C14H18O5. The zero-order valence-electron chi connectivity index (χ0n) is 11.0. The summed E-state index contributed by atoms with van der Waals surface area (Å²) < 4.78 is 14.0. The van der Waals surface area contributed by atoms with Crippen LogP contribution in [0.25, 0.3) is 0 Å². The molecule has 0 amide bonds. The molecular weight excluding hydrogens is 248 g/mol. The molecule has 0 aliphatic heterocycles. The van der Waals surface area contributed by atoms with Gasteiger partial charge in [0.2, 0.25) is 0 Å². The smallest absolute Gasteiger partial charge is 0.452 e. The SMILES string of the molecule is C#CC(=O)O[C@H](C/C=C\COC(=O)OC)CCC=C. The van der Waals surface area contributed by atoms with Crippen molar-refractivity contribution in [2.24, 2.45) is 0 Å². The molecule has 0 aliphatic carbocycles. The van der Waals surface area contributed by atoms with Crippen LogP contribution >= 0.6 is 0 Å². The van der Waals surface area contributed by atoms with Gasteiger partial charge in [-0.1, -0.05) is 18.2 Å². The van der Waals surface area contributed by atoms with E-state index in [4.69, 9.17) is 11.2 Å². The molecule has 1 atom stereocenters. The summed E-state index contributed by atoms with van der Waals surface area (Å²) in [5.41, 5.74) is 0. The van der Waals surface area contributed by atoms with E-state index in [-0.39, 0.29) is 12.7 Å². The van der Waals surface area contributed by atoms with Crippen molar-refractivity contribution in [2.45, 2.75) is 25.4 Å². The van der Waals surface area contributed by atoms with E-state index >= 15 is 0 Å². The van der Waals surface area contributed by atoms with Crippen LogP contribution in [0.4, 0.5) is 4.79 Å². The normalized spacial score (nSPS) is 11.4. The summed E-state index contributed by atoms with van der Waals surface area (Å²) in [5.74, 6) is 1.21. The number of rotatable bonds is 8. The molecule has 0 radical (unpaired) electrons. The second-order valence-corrected chi connectivity index (χ2v) is 3.51. The van der Waals surface area contributed by atoms with Crippen LogP contribution in [0.15, 0.2) is 24.8 Å². The van der Waals surface area contributed by atoms with Gasteiger partial charge >= 0.3 is 12.1 Å². The fraction of sp³-hybridized carbons (Fsp3) is 0.429. The molecule has 0 N–H and O–H groups in total. The molecule has 0 spiro atoms. The van der Waals surface area contributed by atoms with E-state index in [2.05, 4.69) is 16.1 Å². The lowest BCUT2D eigenvalue weighted by Gasteiger charge is -2.13. The van der Waals surface area contributed by atoms with Gasteiger partial charge in [-0.2, -0.15) is 0 Å². The molecule has 0 aromatic rings. The summed E-state index contributed by atoms with van der Waals surface area (Å²) >= 11 is 0. The van der Waals surface area contributed by atoms with Gasteiger partial charge in [0.25, 0.3) is 0 Å². The van der Waals surface area contributed by atoms with Crippen molar-refractivity contribution >= 4 is 12.1 Å². The molecule has 0 aliphatic rings. The van der Waals surface area contributed by atoms with Crippen molar-refractivity contribution in [3.63, 3.8) is 0 Å². The summed E-state index contributed by atoms with van der Waals surface area (Å²) in [6.45, 7) is 3.70. The van der Waals surface area contributed by atoms with Crippen LogP contribution in [0.5, 0.6) is 0 Å². The zero-order valence-corrected chi connectivity index (χ0v) is 11.0. The van der Waals surface area contributed by atoms with Gasteiger partial charge in [0.15, 0.2) is 0 Å². The lowest BCUT2D eigenvalue weighted by atomic mass is 10.1. The van der Waals surface area contributed by atoms with Crippen molar-refractivity contribution < 1.29 is 23.8 Å². The number of terminal acetylenes is 1. The molecule has 0 saturated heterocycles. The molecule has 19 heavy (non-hydrogen) atoms. The van der Waals surface area contributed by atoms with Gasteiger partial charge in [0.1, 0.15) is 12.7 Å². The van der Waals surface area contributed by atoms with Gasteiger partial charge in [0.05, 0.1) is 7.11 Å². The van der Waals surface area contributed by atoms with E-state index < -0.39 is 12.1 Å². The van der Waals surface area contributed by atoms with Gasteiger partial charge in [0, 0.05) is 12.3 Å². The lowest BCUT2D eigenvalue weighted by Crippen LogP contribution is -2.16. The number of carbonyl (C=O) groups excluding carboxylic acids is 2. The Balaban J connectivity index is 4.06. The van der Waals surface area contributed by atoms with Crippen LogP contribution in [0.3, 0.4) is 0 Å². The van der Waals surface area contributed by atoms with Crippen LogP contribution in [-0.4, -0.2) is 31.9 Å². The van der Waals surface area contributed by atoms with Gasteiger partial charge in [-0.05, 0) is 12.8 Å². The van der Waals surface area contributed by atoms with E-state index in [1.54, 1.807) is 18.2 Å². The fourth-order valence-electron chi connectivity index (χ4n) is 1.21. The Morgan fingerprint density at radius 1 is 1.42 bits per heavy atom. The average Bonchev–Trinajstić information content (AvgIpc) is 2.43. The summed E-state index contributed by atoms with van der Waals surface area (Å²) in [4.78, 5) is 21.7. The minimum absolute atomic E-state index is 0.101. The highest BCUT2D eigenvalue weighted by Crippen LogP contribution is 2.08. The number of hydrogen-bond acceptors (Lipinski definition) is 5. The van der Waals surface area contributed by atoms with Crippen LogP contribution < -0.4 is 0 Å². The zero-order chi connectivity index (χ0) is 14.5. The van der Waals surface area contributed by atoms with Crippen LogP contribution in [0, 0.1) is 12.3 Å². The third-order valence-electron chi connectivity index (χ3n) is 2.11. The van der Waals surface area contributed by atoms with Gasteiger partial charge in [-0.15, -0.1) is 13.0 Å². The quantitative estimate of drug-likeness (QED) is 0.292. The maximum absolute atomic E-state index is 11.0. The van der Waals surface area contributed by atoms with E-state index in [0.717, 1.165) is 6.42 Å². The predicted molar refractivity (Wildman–Crippen MR) is 70.3 cm³/mol. The first-order valence-corrected chi connectivity index (χ1v) is 5.77. The van der Waals surface area contributed by atoms with Crippen molar-refractivity contribution in [2.75, 3.05) is 13.7 Å². The van der Waals surface area contributed by atoms with Crippen molar-refractivity contribution in [3.8, 4) is 12.3 Å². The van der Waals surface area contributed by atoms with Crippen LogP contribution in [0.2, 0.25) is 0 Å². The molecule has 0 unspecified atom stereocenters. The fourth-order valence-corrected chi connectivity index (χ4v) is 1.21. The minimum atomic E-state index is -0.744. The van der Waals surface area contributed by atoms with Crippen LogP contribution in [-0.2, 0) is 19.0 Å². The summed E-state index contributed by atoms with van der Waals surface area (Å²) in [6, 6.07) is 0. The molecule has 5 heteroatoms. The molecule has 0 aromatic heterocycles. The molecule has 0 heterocycles. The van der Waals surface area contributed by atoms with E-state index in [9.17, 15) is 9.59 Å². The highest BCUT2D eigenvalue weighted by Gasteiger charge is 2.10. The third-order valence-corrected chi connectivity index (χ3v) is 2.11. The number of hydrogen-bond donors (Lipinski definition) is 0. The summed E-state index contributed by atoms with van der Waals surface area (Å²) in [7, 11) is 1.23. The topological polar surface area (TPSA) is 61.8 Å². The predicted octanol–water partition coefficient (Wildman–Crippen LogP) is 2.23. The highest BCUT2D eigenvalue weighted by molar-refractivity contribution is 5.87. The lowest BCUT2D eigenvalue weighted by molar-refractivity contribution is -0.141. The third kappa shape index (κ3) is 9.48. The van der Waals surface area contributed by atoms with Crippen molar-refractivity contribution in [3.05, 3.63) is 24.8 Å². The first-order chi connectivity index (χ1) is 9.13. The molecule has 0 bridgehead atoms. The number of ether oxygens (including phenoxy) is 3. The van der Waals surface area contributed by atoms with Gasteiger partial charge in [-0.3, -0.25) is 0 Å². The standard InChI is InChI=1S/C14H18O5/c1-4-6-9-12(19-13(15)5-2)10-7-8-11-18-14(16)17-3/h2,4,7-8,12H,1,6,9-11H2,3H3/b8-7-/t12-/m0/s1. The Hall–Kier alpha value is -2.22. The average molecular weight is 266 g/mol. The Bertz CT molecular complexity index is 365. The second kappa shape index (κ2) is 10.9. The second-order valence-electron chi connectivity index (χ2n) is 3.51. The summed E-state index contributed by atoms with van der Waals surface area (Å²) in [5, 5.41) is 0. The number of carbonyl (C=O) groups is 2. The van der Waals surface area contributed by atoms with Gasteiger partial charge in [-0.25, -0.2) is 9.59 Å². The van der Waals surface area contributed by atoms with Gasteiger partial charge < -0.3 is 14.2 Å². The Morgan fingerprint density at radius 3 is 2.74 bits per heavy atom. The first-order valence-electron chi connectivity index (χ1n) is 5.77. The Kier molecular flexibility index (Phi) is 9.63. The number of methoxy groups -OCH3 is 1. The minimum Gasteiger partial charge on any atom is -0.452 e. The molecule has 0 rings (SSSR count). The van der Waals surface area contributed by atoms with Crippen molar-refractivity contribution in [1.82, 2.24) is 0 Å². The maximum Gasteiger partial charge on any atom is 0.508 e. The monoisotopic (exact) mass is 266 g/mol. The molecule has 0 fully saturated rings. The largest absolute Gasteiger partial charge is 0.508 e. The Morgan fingerprint density at radius 2 is 2.16 bits per heavy atom. The maximum atomic E-state index is 11.0. The van der Waals surface area contributed by atoms with Crippen molar-refractivity contribution in [1.29, 1.82) is 0 Å². The van der Waals surface area contributed by atoms with E-state index in [1.807, 2.05) is 5.92 Å². The highest BCUT2D eigenvalue weighted by atomic mass is 16.7. The first kappa shape index (κ1) is 16.8. The molecule has 5 nitrogen and oxygen atoms in total. The van der Waals surface area contributed by atoms with E-state index in [0.29, 0.717) is 12.8 Å². The molecule has 0 saturated carbocycles.